The second-order valence-corrected chi connectivity index (χ2v) is 2.85. The Morgan fingerprint density at radius 2 is 2.36 bits per heavy atom. The summed E-state index contributed by atoms with van der Waals surface area (Å²) in [5.41, 5.74) is 6.81. The highest BCUT2D eigenvalue weighted by molar-refractivity contribution is 5.92. The van der Waals surface area contributed by atoms with Crippen molar-refractivity contribution in [3.63, 3.8) is 0 Å². The van der Waals surface area contributed by atoms with Gasteiger partial charge in [-0.15, -0.1) is 0 Å². The van der Waals surface area contributed by atoms with Crippen LogP contribution in [0, 0.1) is 6.92 Å². The van der Waals surface area contributed by atoms with Crippen molar-refractivity contribution in [1.29, 1.82) is 0 Å². The molecule has 3 N–H and O–H groups in total. The molecule has 1 heterocycles. The van der Waals surface area contributed by atoms with Crippen LogP contribution in [0.3, 0.4) is 0 Å². The van der Waals surface area contributed by atoms with Crippen LogP contribution in [-0.2, 0) is 9.53 Å². The molecule has 1 rings (SSSR count). The first-order chi connectivity index (χ1) is 6.63. The smallest absolute Gasteiger partial charge is 0.250 e. The SMILES string of the molecule is COCC(=O)Nc1ccc(N)nc1C. The Morgan fingerprint density at radius 3 is 2.93 bits per heavy atom. The van der Waals surface area contributed by atoms with Crippen LogP contribution in [0.5, 0.6) is 0 Å². The van der Waals surface area contributed by atoms with Crippen LogP contribution in [-0.4, -0.2) is 24.6 Å². The van der Waals surface area contributed by atoms with Gasteiger partial charge in [-0.25, -0.2) is 4.98 Å². The average molecular weight is 195 g/mol. The molecule has 5 heteroatoms. The molecule has 0 radical (unpaired) electrons. The van der Waals surface area contributed by atoms with Crippen molar-refractivity contribution in [2.45, 2.75) is 6.92 Å². The highest BCUT2D eigenvalue weighted by Crippen LogP contribution is 2.13. The standard InChI is InChI=1S/C9H13N3O2/c1-6-7(3-4-8(10)11-6)12-9(13)5-14-2/h3-4H,5H2,1-2H3,(H2,10,11)(H,12,13). The molecule has 0 saturated heterocycles. The van der Waals surface area contributed by atoms with E-state index in [1.54, 1.807) is 19.1 Å². The number of nitrogens with one attached hydrogen (secondary N) is 1. The van der Waals surface area contributed by atoms with Gasteiger partial charge in [-0.1, -0.05) is 0 Å². The Bertz CT molecular complexity index is 339. The summed E-state index contributed by atoms with van der Waals surface area (Å²) in [5.74, 6) is 0.231. The molecule has 0 atom stereocenters. The zero-order valence-corrected chi connectivity index (χ0v) is 8.20. The predicted molar refractivity (Wildman–Crippen MR) is 53.9 cm³/mol. The number of aromatic nitrogens is 1. The van der Waals surface area contributed by atoms with E-state index in [2.05, 4.69) is 15.0 Å². The normalized spacial score (nSPS) is 9.86. The summed E-state index contributed by atoms with van der Waals surface area (Å²) in [6, 6.07) is 3.35. The summed E-state index contributed by atoms with van der Waals surface area (Å²) in [6.45, 7) is 1.81. The van der Waals surface area contributed by atoms with Gasteiger partial charge in [0, 0.05) is 7.11 Å². The number of hydrogen-bond donors (Lipinski definition) is 2. The number of aryl methyl sites for hydroxylation is 1. The maximum absolute atomic E-state index is 11.2. The van der Waals surface area contributed by atoms with Crippen LogP contribution in [0.25, 0.3) is 0 Å². The molecular weight excluding hydrogens is 182 g/mol. The molecular formula is C9H13N3O2. The van der Waals surface area contributed by atoms with Crippen molar-refractivity contribution in [1.82, 2.24) is 4.98 Å². The number of rotatable bonds is 3. The molecule has 0 spiro atoms. The Hall–Kier alpha value is -1.62. The maximum atomic E-state index is 11.2. The lowest BCUT2D eigenvalue weighted by molar-refractivity contribution is -0.119. The number of carbonyl (C=O) groups excluding carboxylic acids is 1. The van der Waals surface area contributed by atoms with E-state index in [0.717, 1.165) is 0 Å². The van der Waals surface area contributed by atoms with Gasteiger partial charge in [-0.3, -0.25) is 4.79 Å². The number of nitrogens with zero attached hydrogens (tertiary/aromatic N) is 1. The lowest BCUT2D eigenvalue weighted by Crippen LogP contribution is -2.18. The first-order valence-electron chi connectivity index (χ1n) is 4.15. The molecule has 1 amide bonds. The summed E-state index contributed by atoms with van der Waals surface area (Å²) in [6.07, 6.45) is 0. The third-order valence-electron chi connectivity index (χ3n) is 1.66. The summed E-state index contributed by atoms with van der Waals surface area (Å²) >= 11 is 0. The van der Waals surface area contributed by atoms with E-state index in [1.807, 2.05) is 0 Å². The van der Waals surface area contributed by atoms with Gasteiger partial charge in [0.2, 0.25) is 5.91 Å². The van der Waals surface area contributed by atoms with Gasteiger partial charge in [0.1, 0.15) is 12.4 Å². The molecule has 0 fully saturated rings. The Balaban J connectivity index is 2.72. The van der Waals surface area contributed by atoms with Crippen LogP contribution in [0.1, 0.15) is 5.69 Å². The average Bonchev–Trinajstić information content (AvgIpc) is 2.10. The molecule has 0 aliphatic rings. The second-order valence-electron chi connectivity index (χ2n) is 2.85. The van der Waals surface area contributed by atoms with E-state index in [9.17, 15) is 4.79 Å². The Labute approximate surface area is 82.3 Å². The molecule has 0 aliphatic heterocycles. The fourth-order valence-corrected chi connectivity index (χ4v) is 1.03. The Morgan fingerprint density at radius 1 is 1.64 bits per heavy atom. The highest BCUT2D eigenvalue weighted by atomic mass is 16.5. The van der Waals surface area contributed by atoms with Crippen LogP contribution in [0.2, 0.25) is 0 Å². The van der Waals surface area contributed by atoms with Crippen molar-refractivity contribution < 1.29 is 9.53 Å². The number of nitrogens with two attached hydrogens (primary N) is 1. The van der Waals surface area contributed by atoms with Crippen LogP contribution in [0.15, 0.2) is 12.1 Å². The van der Waals surface area contributed by atoms with E-state index >= 15 is 0 Å². The number of ether oxygens (including phenoxy) is 1. The lowest BCUT2D eigenvalue weighted by atomic mass is 10.3. The number of nitrogen functional groups attached to an aromatic ring is 1. The van der Waals surface area contributed by atoms with Crippen molar-refractivity contribution in [3.8, 4) is 0 Å². The zero-order chi connectivity index (χ0) is 10.6. The predicted octanol–water partition coefficient (Wildman–Crippen LogP) is 0.557. The number of carbonyl (C=O) groups is 1. The van der Waals surface area contributed by atoms with E-state index in [0.29, 0.717) is 17.2 Å². The largest absolute Gasteiger partial charge is 0.384 e. The number of anilines is 2. The molecule has 1 aromatic rings. The van der Waals surface area contributed by atoms with Gasteiger partial charge in [0.25, 0.3) is 0 Å². The minimum atomic E-state index is -0.206. The Kier molecular flexibility index (Phi) is 3.41. The summed E-state index contributed by atoms with van der Waals surface area (Å²) in [5, 5.41) is 2.66. The van der Waals surface area contributed by atoms with Crippen molar-refractivity contribution in [3.05, 3.63) is 17.8 Å². The maximum Gasteiger partial charge on any atom is 0.250 e. The van der Waals surface area contributed by atoms with Gasteiger partial charge in [-0.05, 0) is 19.1 Å². The van der Waals surface area contributed by atoms with Gasteiger partial charge in [0.05, 0.1) is 11.4 Å². The van der Waals surface area contributed by atoms with E-state index in [-0.39, 0.29) is 12.5 Å². The number of amides is 1. The van der Waals surface area contributed by atoms with Crippen molar-refractivity contribution in [2.75, 3.05) is 24.8 Å². The molecule has 0 unspecified atom stereocenters. The van der Waals surface area contributed by atoms with Crippen LogP contribution in [0.4, 0.5) is 11.5 Å². The molecule has 1 aromatic heterocycles. The molecule has 14 heavy (non-hydrogen) atoms. The molecule has 5 nitrogen and oxygen atoms in total. The van der Waals surface area contributed by atoms with E-state index in [4.69, 9.17) is 5.73 Å². The van der Waals surface area contributed by atoms with Crippen molar-refractivity contribution in [2.24, 2.45) is 0 Å². The number of pyridine rings is 1. The topological polar surface area (TPSA) is 77.2 Å². The van der Waals surface area contributed by atoms with E-state index < -0.39 is 0 Å². The first kappa shape index (κ1) is 10.5. The second kappa shape index (κ2) is 4.57. The third-order valence-corrected chi connectivity index (χ3v) is 1.66. The molecule has 76 valence electrons. The summed E-state index contributed by atoms with van der Waals surface area (Å²) in [4.78, 5) is 15.2. The summed E-state index contributed by atoms with van der Waals surface area (Å²) < 4.78 is 4.68. The monoisotopic (exact) mass is 195 g/mol. The fraction of sp³-hybridized carbons (Fsp3) is 0.333. The summed E-state index contributed by atoms with van der Waals surface area (Å²) in [7, 11) is 1.47. The molecule has 0 bridgehead atoms. The number of methoxy groups -OCH3 is 1. The molecule has 0 saturated carbocycles. The van der Waals surface area contributed by atoms with Crippen LogP contribution < -0.4 is 11.1 Å². The lowest BCUT2D eigenvalue weighted by Gasteiger charge is -2.07. The quantitative estimate of drug-likeness (QED) is 0.738. The van der Waals surface area contributed by atoms with E-state index in [1.165, 1.54) is 7.11 Å². The minimum absolute atomic E-state index is 0.0316. The third kappa shape index (κ3) is 2.70. The fourth-order valence-electron chi connectivity index (χ4n) is 1.03. The zero-order valence-electron chi connectivity index (χ0n) is 8.20. The van der Waals surface area contributed by atoms with Gasteiger partial charge < -0.3 is 15.8 Å². The number of hydrogen-bond acceptors (Lipinski definition) is 4. The van der Waals surface area contributed by atoms with Gasteiger partial charge in [0.15, 0.2) is 0 Å². The van der Waals surface area contributed by atoms with Gasteiger partial charge >= 0.3 is 0 Å². The highest BCUT2D eigenvalue weighted by Gasteiger charge is 2.04. The minimum Gasteiger partial charge on any atom is -0.384 e. The van der Waals surface area contributed by atoms with Crippen LogP contribution >= 0.6 is 0 Å². The van der Waals surface area contributed by atoms with Gasteiger partial charge in [-0.2, -0.15) is 0 Å². The molecule has 0 aliphatic carbocycles. The molecule has 0 aromatic carbocycles. The van der Waals surface area contributed by atoms with Crippen molar-refractivity contribution >= 4 is 17.4 Å². The first-order valence-corrected chi connectivity index (χ1v) is 4.15.